The second-order valence-corrected chi connectivity index (χ2v) is 17.7. The fraction of sp³-hybridized carbons (Fsp3) is 0.0968. The molecule has 12 rings (SSSR count). The monoisotopic (exact) mass is 806 g/mol. The van der Waals surface area contributed by atoms with E-state index < -0.39 is 0 Å². The molecule has 3 aliphatic rings. The lowest BCUT2D eigenvalue weighted by molar-refractivity contribution is 0.478. The number of para-hydroxylation sites is 1. The predicted octanol–water partition coefficient (Wildman–Crippen LogP) is 16.5. The van der Waals surface area contributed by atoms with E-state index in [1.165, 1.54) is 83.1 Å². The molecule has 0 amide bonds. The van der Waals surface area contributed by atoms with E-state index in [-0.39, 0.29) is 5.41 Å². The zero-order valence-corrected chi connectivity index (χ0v) is 35.2. The van der Waals surface area contributed by atoms with Gasteiger partial charge >= 0.3 is 0 Å². The maximum absolute atomic E-state index is 6.13. The lowest BCUT2D eigenvalue weighted by Crippen LogP contribution is -2.26. The van der Waals surface area contributed by atoms with Crippen molar-refractivity contribution in [2.75, 3.05) is 0 Å². The Morgan fingerprint density at radius 3 is 2.24 bits per heavy atom. The highest BCUT2D eigenvalue weighted by Crippen LogP contribution is 2.54. The topological polar surface area (TPSA) is 13.1 Å². The Kier molecular flexibility index (Phi) is 9.15. The minimum atomic E-state index is -0.0127. The quantitative estimate of drug-likeness (QED) is 0.146. The molecule has 9 aromatic rings. The number of rotatable bonds is 7. The van der Waals surface area contributed by atoms with E-state index >= 15 is 0 Å². The highest BCUT2D eigenvalue weighted by atomic mass is 16.3. The highest BCUT2D eigenvalue weighted by molar-refractivity contribution is 6.06. The molecule has 2 atom stereocenters. The molecule has 300 valence electrons. The van der Waals surface area contributed by atoms with Crippen LogP contribution in [0.1, 0.15) is 64.1 Å². The van der Waals surface area contributed by atoms with Crippen molar-refractivity contribution in [3.63, 3.8) is 0 Å². The molecular formula is C62H46O. The van der Waals surface area contributed by atoms with E-state index in [1.807, 2.05) is 12.1 Å². The fourth-order valence-electron chi connectivity index (χ4n) is 10.7. The second kappa shape index (κ2) is 15.5. The first-order chi connectivity index (χ1) is 31.1. The first kappa shape index (κ1) is 37.3. The van der Waals surface area contributed by atoms with Crippen molar-refractivity contribution < 1.29 is 4.42 Å². The summed E-state index contributed by atoms with van der Waals surface area (Å²) in [5.74, 6) is 0.473. The molecule has 0 aliphatic heterocycles. The largest absolute Gasteiger partial charge is 0.456 e. The molecule has 0 bridgehead atoms. The molecule has 0 N–H and O–H groups in total. The van der Waals surface area contributed by atoms with Crippen LogP contribution >= 0.6 is 0 Å². The Morgan fingerprint density at radius 2 is 1.33 bits per heavy atom. The zero-order valence-electron chi connectivity index (χ0n) is 35.2. The molecule has 0 radical (unpaired) electrons. The lowest BCUT2D eigenvalue weighted by Gasteiger charge is -2.32. The molecule has 0 saturated heterocycles. The number of hydrogen-bond acceptors (Lipinski definition) is 1. The Labute approximate surface area is 369 Å². The van der Waals surface area contributed by atoms with Gasteiger partial charge in [0, 0.05) is 16.2 Å². The normalized spacial score (nSPS) is 17.9. The van der Waals surface area contributed by atoms with Gasteiger partial charge in [-0.3, -0.25) is 0 Å². The highest BCUT2D eigenvalue weighted by Gasteiger charge is 2.43. The summed E-state index contributed by atoms with van der Waals surface area (Å²) in [6.07, 6.45) is 22.9. The minimum Gasteiger partial charge on any atom is -0.456 e. The van der Waals surface area contributed by atoms with Gasteiger partial charge in [0.1, 0.15) is 11.2 Å². The van der Waals surface area contributed by atoms with Crippen LogP contribution < -0.4 is 0 Å². The third-order valence-electron chi connectivity index (χ3n) is 13.9. The smallest absolute Gasteiger partial charge is 0.135 e. The van der Waals surface area contributed by atoms with Crippen molar-refractivity contribution in [1.82, 2.24) is 0 Å². The first-order valence-electron chi connectivity index (χ1n) is 22.4. The van der Waals surface area contributed by atoms with Crippen LogP contribution in [0.3, 0.4) is 0 Å². The molecule has 0 saturated carbocycles. The average molecular weight is 807 g/mol. The van der Waals surface area contributed by atoms with Gasteiger partial charge in [0.15, 0.2) is 0 Å². The molecule has 1 heterocycles. The van der Waals surface area contributed by atoms with E-state index in [1.54, 1.807) is 0 Å². The molecule has 0 fully saturated rings. The fourth-order valence-corrected chi connectivity index (χ4v) is 10.7. The summed E-state index contributed by atoms with van der Waals surface area (Å²) in [7, 11) is 0. The Balaban J connectivity index is 0.901. The zero-order chi connectivity index (χ0) is 41.7. The van der Waals surface area contributed by atoms with Crippen molar-refractivity contribution in [3.8, 4) is 22.3 Å². The summed E-state index contributed by atoms with van der Waals surface area (Å²) < 4.78 is 6.13. The predicted molar refractivity (Wildman–Crippen MR) is 266 cm³/mol. The summed E-state index contributed by atoms with van der Waals surface area (Å²) in [6.45, 7) is 0. The lowest BCUT2D eigenvalue weighted by atomic mass is 9.71. The van der Waals surface area contributed by atoms with Crippen LogP contribution in [-0.2, 0) is 11.8 Å². The average Bonchev–Trinajstić information content (AvgIpc) is 3.71. The van der Waals surface area contributed by atoms with Crippen LogP contribution in [0.4, 0.5) is 0 Å². The van der Waals surface area contributed by atoms with Gasteiger partial charge in [-0.15, -0.1) is 0 Å². The van der Waals surface area contributed by atoms with Gasteiger partial charge in [-0.25, -0.2) is 0 Å². The molecular weight excluding hydrogens is 761 g/mol. The molecule has 1 aromatic heterocycles. The van der Waals surface area contributed by atoms with Crippen molar-refractivity contribution in [2.24, 2.45) is 0 Å². The van der Waals surface area contributed by atoms with Gasteiger partial charge in [-0.2, -0.15) is 0 Å². The summed E-state index contributed by atoms with van der Waals surface area (Å²) in [6, 6.07) is 64.7. The SMILES string of the molecule is C1=CCC=CC(CC2CC3(C=Cc4ccccc4C3)c3cc(-c4ccc(C=C(c5ccc(-c6ccc7oc8ccccc8c7c6)cc5)c5cccc6ccccc56)cc4)ccc32)=C1. The van der Waals surface area contributed by atoms with Crippen molar-refractivity contribution >= 4 is 50.4 Å². The molecule has 2 unspecified atom stereocenters. The summed E-state index contributed by atoms with van der Waals surface area (Å²) in [5.41, 5.74) is 18.7. The van der Waals surface area contributed by atoms with E-state index in [0.29, 0.717) is 5.92 Å². The maximum atomic E-state index is 6.13. The molecule has 1 spiro atoms. The Bertz CT molecular complexity index is 3380. The number of hydrogen-bond donors (Lipinski definition) is 0. The van der Waals surface area contributed by atoms with Crippen LogP contribution in [0.25, 0.3) is 72.7 Å². The molecule has 1 heteroatoms. The maximum Gasteiger partial charge on any atom is 0.135 e. The van der Waals surface area contributed by atoms with Gasteiger partial charge in [-0.05, 0) is 145 Å². The van der Waals surface area contributed by atoms with Crippen molar-refractivity contribution in [2.45, 2.75) is 37.0 Å². The minimum absolute atomic E-state index is 0.0127. The van der Waals surface area contributed by atoms with Gasteiger partial charge in [-0.1, -0.05) is 194 Å². The Morgan fingerprint density at radius 1 is 0.603 bits per heavy atom. The summed E-state index contributed by atoms with van der Waals surface area (Å²) >= 11 is 0. The van der Waals surface area contributed by atoms with Gasteiger partial charge in [0.25, 0.3) is 0 Å². The summed E-state index contributed by atoms with van der Waals surface area (Å²) in [5, 5.41) is 4.77. The van der Waals surface area contributed by atoms with Gasteiger partial charge < -0.3 is 4.42 Å². The Hall–Kier alpha value is -7.48. The number of furan rings is 1. The summed E-state index contributed by atoms with van der Waals surface area (Å²) in [4.78, 5) is 0. The van der Waals surface area contributed by atoms with Crippen LogP contribution in [0, 0.1) is 0 Å². The standard InChI is InChI=1S/C62H46O/c1-2-4-13-42(12-3-1)36-52-41-62(35-34-44-14-5-6-16-51(44)40-62)59-39-50(30-32-54(52)59)45-24-22-43(23-25-45)37-57(55-20-11-17-47-15-7-8-18-53(47)55)48-28-26-46(27-29-48)49-31-33-61-58(38-49)56-19-9-10-21-60(56)63-61/h1,3-35,37-39,52H,2,36,40-41H2. The number of fused-ring (bicyclic) bond motifs is 7. The van der Waals surface area contributed by atoms with Gasteiger partial charge in [0.2, 0.25) is 0 Å². The number of benzene rings is 8. The van der Waals surface area contributed by atoms with Crippen LogP contribution in [0.2, 0.25) is 0 Å². The van der Waals surface area contributed by atoms with E-state index in [2.05, 4.69) is 212 Å². The molecule has 1 nitrogen and oxygen atoms in total. The number of allylic oxidation sites excluding steroid dienone is 7. The van der Waals surface area contributed by atoms with Crippen LogP contribution in [0.15, 0.2) is 222 Å². The molecule has 63 heavy (non-hydrogen) atoms. The van der Waals surface area contributed by atoms with E-state index in [0.717, 1.165) is 47.6 Å². The van der Waals surface area contributed by atoms with E-state index in [9.17, 15) is 0 Å². The van der Waals surface area contributed by atoms with Crippen molar-refractivity contribution in [3.05, 3.63) is 257 Å². The van der Waals surface area contributed by atoms with Crippen LogP contribution in [0.5, 0.6) is 0 Å². The third kappa shape index (κ3) is 6.82. The molecule has 3 aliphatic carbocycles. The van der Waals surface area contributed by atoms with E-state index in [4.69, 9.17) is 4.42 Å². The second-order valence-electron chi connectivity index (χ2n) is 17.7. The first-order valence-corrected chi connectivity index (χ1v) is 22.4. The third-order valence-corrected chi connectivity index (χ3v) is 13.9. The van der Waals surface area contributed by atoms with Crippen LogP contribution in [-0.4, -0.2) is 0 Å². The molecule has 8 aromatic carbocycles. The van der Waals surface area contributed by atoms with Crippen molar-refractivity contribution in [1.29, 1.82) is 0 Å². The van der Waals surface area contributed by atoms with Gasteiger partial charge in [0.05, 0.1) is 0 Å².